The van der Waals surface area contributed by atoms with Crippen molar-refractivity contribution in [3.63, 3.8) is 0 Å². The quantitative estimate of drug-likeness (QED) is 0.242. The van der Waals surface area contributed by atoms with E-state index in [1.807, 2.05) is 0 Å². The SMILES string of the molecule is BrC1=CCC[C@H]1Cc1ccccc1Br.C1=CCCC1.[CH3-].[CH3-].[Fe+2]. The first-order valence-electron chi connectivity index (χ1n) is 7.01. The molecule has 2 aliphatic carbocycles. The van der Waals surface area contributed by atoms with Crippen molar-refractivity contribution in [3.8, 4) is 0 Å². The van der Waals surface area contributed by atoms with E-state index in [-0.39, 0.29) is 31.9 Å². The summed E-state index contributed by atoms with van der Waals surface area (Å²) < 4.78 is 2.61. The number of rotatable bonds is 2. The minimum Gasteiger partial charge on any atom is -0.358 e. The van der Waals surface area contributed by atoms with Gasteiger partial charge in [0, 0.05) is 4.47 Å². The van der Waals surface area contributed by atoms with Crippen molar-refractivity contribution < 1.29 is 17.1 Å². The Morgan fingerprint density at radius 3 is 2.05 bits per heavy atom. The van der Waals surface area contributed by atoms with Crippen LogP contribution in [0.15, 0.2) is 51.4 Å². The summed E-state index contributed by atoms with van der Waals surface area (Å²) in [5, 5.41) is 0. The van der Waals surface area contributed by atoms with Crippen LogP contribution in [0.2, 0.25) is 0 Å². The van der Waals surface area contributed by atoms with Gasteiger partial charge in [0.25, 0.3) is 0 Å². The normalized spacial score (nSPS) is 18.1. The average molecular weight is 470 g/mol. The predicted octanol–water partition coefficient (Wildman–Crippen LogP) is 7.30. The Balaban J connectivity index is 0. The van der Waals surface area contributed by atoms with Crippen molar-refractivity contribution in [2.45, 2.75) is 38.5 Å². The Bertz CT molecular complexity index is 460. The van der Waals surface area contributed by atoms with Crippen molar-refractivity contribution in [2.75, 3.05) is 0 Å². The molecule has 0 N–H and O–H groups in total. The molecule has 0 radical (unpaired) electrons. The van der Waals surface area contributed by atoms with Gasteiger partial charge in [-0.2, -0.15) is 0 Å². The van der Waals surface area contributed by atoms with Gasteiger partial charge in [-0.3, -0.25) is 0 Å². The maximum Gasteiger partial charge on any atom is 2.00 e. The Morgan fingerprint density at radius 2 is 1.59 bits per heavy atom. The molecule has 0 saturated heterocycles. The summed E-state index contributed by atoms with van der Waals surface area (Å²) in [4.78, 5) is 0. The standard InChI is InChI=1S/C12H12Br2.C5H8.2CH3.Fe/c13-11-6-2-1-4-9(11)8-10-5-3-7-12(10)14;1-2-4-5-3-1;;;/h1-2,4,6-7,10H,3,5,8H2;1-2H,3-5H2;2*1H3;/q;;2*-1;+2/t10-;;;;/m0..../s1. The van der Waals surface area contributed by atoms with Gasteiger partial charge in [-0.1, -0.05) is 68.3 Å². The first kappa shape index (κ1) is 24.4. The summed E-state index contributed by atoms with van der Waals surface area (Å²) >= 11 is 7.22. The molecule has 124 valence electrons. The molecule has 0 heterocycles. The maximum atomic E-state index is 3.63. The van der Waals surface area contributed by atoms with Crippen LogP contribution >= 0.6 is 31.9 Å². The van der Waals surface area contributed by atoms with Crippen molar-refractivity contribution >= 4 is 31.9 Å². The van der Waals surface area contributed by atoms with Gasteiger partial charge in [0.2, 0.25) is 0 Å². The topological polar surface area (TPSA) is 0 Å². The summed E-state index contributed by atoms with van der Waals surface area (Å²) in [5.41, 5.74) is 1.41. The molecule has 0 saturated carbocycles. The molecule has 2 aliphatic rings. The second-order valence-corrected chi connectivity index (χ2v) is 6.83. The smallest absolute Gasteiger partial charge is 0.358 e. The van der Waals surface area contributed by atoms with E-state index >= 15 is 0 Å². The fourth-order valence-corrected chi connectivity index (χ4v) is 3.51. The molecule has 1 aromatic rings. The zero-order chi connectivity index (χ0) is 13.5. The number of allylic oxidation sites excluding steroid dienone is 4. The first-order valence-corrected chi connectivity index (χ1v) is 8.60. The Kier molecular flexibility index (Phi) is 15.1. The second-order valence-electron chi connectivity index (χ2n) is 5.06. The van der Waals surface area contributed by atoms with E-state index in [9.17, 15) is 0 Å². The third-order valence-electron chi connectivity index (χ3n) is 3.58. The van der Waals surface area contributed by atoms with Gasteiger partial charge in [0.15, 0.2) is 0 Å². The molecule has 0 fully saturated rings. The fourth-order valence-electron chi connectivity index (χ4n) is 2.45. The number of hydrogen-bond donors (Lipinski definition) is 0. The van der Waals surface area contributed by atoms with Gasteiger partial charge in [-0.25, -0.2) is 0 Å². The van der Waals surface area contributed by atoms with Crippen molar-refractivity contribution in [3.05, 3.63) is 71.9 Å². The molecule has 3 rings (SSSR count). The van der Waals surface area contributed by atoms with E-state index in [2.05, 4.69) is 74.4 Å². The second kappa shape index (κ2) is 13.6. The van der Waals surface area contributed by atoms with Crippen LogP contribution in [0.25, 0.3) is 0 Å². The molecule has 0 spiro atoms. The van der Waals surface area contributed by atoms with Gasteiger partial charge >= 0.3 is 17.1 Å². The largest absolute Gasteiger partial charge is 2.00 e. The van der Waals surface area contributed by atoms with Gasteiger partial charge < -0.3 is 14.9 Å². The van der Waals surface area contributed by atoms with Crippen LogP contribution in [0, 0.1) is 20.8 Å². The van der Waals surface area contributed by atoms with Gasteiger partial charge in [0.05, 0.1) is 0 Å². The number of hydrogen-bond acceptors (Lipinski definition) is 0. The fraction of sp³-hybridized carbons (Fsp3) is 0.368. The van der Waals surface area contributed by atoms with E-state index in [4.69, 9.17) is 0 Å². The van der Waals surface area contributed by atoms with Crippen molar-refractivity contribution in [2.24, 2.45) is 5.92 Å². The Morgan fingerprint density at radius 1 is 0.955 bits per heavy atom. The molecule has 3 heteroatoms. The molecular weight excluding hydrogens is 444 g/mol. The zero-order valence-electron chi connectivity index (χ0n) is 13.5. The molecule has 1 atom stereocenters. The van der Waals surface area contributed by atoms with E-state index < -0.39 is 0 Å². The van der Waals surface area contributed by atoms with Gasteiger partial charge in [-0.15, -0.1) is 0 Å². The summed E-state index contributed by atoms with van der Waals surface area (Å²) in [7, 11) is 0. The molecule has 0 aromatic heterocycles. The van der Waals surface area contributed by atoms with E-state index in [0.29, 0.717) is 5.92 Å². The molecule has 0 amide bonds. The van der Waals surface area contributed by atoms with Crippen LogP contribution in [0.5, 0.6) is 0 Å². The van der Waals surface area contributed by atoms with Crippen LogP contribution in [0.4, 0.5) is 0 Å². The zero-order valence-corrected chi connectivity index (χ0v) is 17.7. The molecule has 0 unspecified atom stereocenters. The number of benzene rings is 1. The van der Waals surface area contributed by atoms with Crippen LogP contribution in [-0.4, -0.2) is 0 Å². The van der Waals surface area contributed by atoms with Gasteiger partial charge in [0.1, 0.15) is 0 Å². The van der Waals surface area contributed by atoms with Crippen molar-refractivity contribution in [1.29, 1.82) is 0 Å². The summed E-state index contributed by atoms with van der Waals surface area (Å²) in [6, 6.07) is 8.48. The number of halogens is 2. The summed E-state index contributed by atoms with van der Waals surface area (Å²) in [6.45, 7) is 0. The Labute approximate surface area is 164 Å². The summed E-state index contributed by atoms with van der Waals surface area (Å²) in [6.07, 6.45) is 14.4. The Hall–Kier alpha value is 0.179. The van der Waals surface area contributed by atoms with Crippen molar-refractivity contribution in [1.82, 2.24) is 0 Å². The monoisotopic (exact) mass is 468 g/mol. The third-order valence-corrected chi connectivity index (χ3v) is 5.32. The summed E-state index contributed by atoms with van der Waals surface area (Å²) in [5.74, 6) is 0.689. The minimum atomic E-state index is 0. The van der Waals surface area contributed by atoms with Crippen LogP contribution in [0.3, 0.4) is 0 Å². The van der Waals surface area contributed by atoms with Crippen LogP contribution < -0.4 is 0 Å². The first-order chi connectivity index (χ1) is 9.27. The molecule has 0 nitrogen and oxygen atoms in total. The molecule has 22 heavy (non-hydrogen) atoms. The third kappa shape index (κ3) is 8.15. The maximum absolute atomic E-state index is 3.63. The molecule has 0 aliphatic heterocycles. The van der Waals surface area contributed by atoms with Gasteiger partial charge in [-0.05, 0) is 60.6 Å². The van der Waals surface area contributed by atoms with E-state index in [0.717, 1.165) is 6.42 Å². The van der Waals surface area contributed by atoms with E-state index in [1.54, 1.807) is 0 Å². The average Bonchev–Trinajstić information content (AvgIpc) is 3.08. The van der Waals surface area contributed by atoms with Crippen LogP contribution in [-0.2, 0) is 23.5 Å². The van der Waals surface area contributed by atoms with E-state index in [1.165, 1.54) is 46.6 Å². The minimum absolute atomic E-state index is 0. The molecule has 0 bridgehead atoms. The predicted molar refractivity (Wildman–Crippen MR) is 103 cm³/mol. The molecular formula is C19H26Br2Fe. The van der Waals surface area contributed by atoms with Crippen LogP contribution in [0.1, 0.15) is 37.7 Å². The molecule has 1 aromatic carbocycles.